The lowest BCUT2D eigenvalue weighted by atomic mass is 9.86. The van der Waals surface area contributed by atoms with Gasteiger partial charge in [-0.1, -0.05) is 22.9 Å². The number of aliphatic hydroxyl groups is 2. The first-order valence-electron chi connectivity index (χ1n) is 7.22. The van der Waals surface area contributed by atoms with Gasteiger partial charge < -0.3 is 19.8 Å². The summed E-state index contributed by atoms with van der Waals surface area (Å²) < 4.78 is 4.99. The van der Waals surface area contributed by atoms with E-state index in [1.807, 2.05) is 32.9 Å². The molecule has 1 saturated heterocycles. The average molecular weight is 305 g/mol. The third kappa shape index (κ3) is 2.02. The second kappa shape index (κ2) is 5.07. The molecule has 6 nitrogen and oxygen atoms in total. The van der Waals surface area contributed by atoms with Crippen molar-refractivity contribution in [2.75, 3.05) is 6.61 Å². The molecule has 1 spiro atoms. The number of carbonyl (C=O) groups is 1. The Labute approximate surface area is 128 Å². The smallest absolute Gasteiger partial charge is 0.357 e. The molecule has 6 heteroatoms. The van der Waals surface area contributed by atoms with E-state index in [9.17, 15) is 9.90 Å². The normalized spacial score (nSPS) is 30.4. The van der Waals surface area contributed by atoms with Crippen molar-refractivity contribution in [3.63, 3.8) is 0 Å². The van der Waals surface area contributed by atoms with E-state index in [0.29, 0.717) is 5.71 Å². The number of cyclic esters (lactones) is 1. The van der Waals surface area contributed by atoms with Gasteiger partial charge in [-0.3, -0.25) is 0 Å². The van der Waals surface area contributed by atoms with Gasteiger partial charge in [0.15, 0.2) is 6.10 Å². The summed E-state index contributed by atoms with van der Waals surface area (Å²) in [5.41, 5.74) is 3.23. The molecule has 0 unspecified atom stereocenters. The molecule has 1 aromatic carbocycles. The number of oxime groups is 1. The minimum absolute atomic E-state index is 0.133. The van der Waals surface area contributed by atoms with Gasteiger partial charge in [-0.2, -0.15) is 0 Å². The molecule has 0 aromatic heterocycles. The molecule has 22 heavy (non-hydrogen) atoms. The Bertz CT molecular complexity index is 645. The highest BCUT2D eigenvalue weighted by Crippen LogP contribution is 2.39. The number of esters is 1. The summed E-state index contributed by atoms with van der Waals surface area (Å²) in [6.45, 7) is 5.52. The van der Waals surface area contributed by atoms with E-state index >= 15 is 0 Å². The molecule has 3 atom stereocenters. The van der Waals surface area contributed by atoms with Crippen LogP contribution in [0.5, 0.6) is 0 Å². The standard InChI is InChI=1S/C16H19NO5/c1-8-4-9(2)13(10(3)5-8)11-6-16(22-17-11)14(19)12(7-18)21-15(16)20/h4-5,12,14,18-19H,6-7H2,1-3H3/t12-,14-,16-/m1/s1. The topological polar surface area (TPSA) is 88.4 Å². The van der Waals surface area contributed by atoms with E-state index in [-0.39, 0.29) is 6.42 Å². The summed E-state index contributed by atoms with van der Waals surface area (Å²) in [6.07, 6.45) is -2.08. The molecule has 2 N–H and O–H groups in total. The highest BCUT2D eigenvalue weighted by Gasteiger charge is 2.62. The van der Waals surface area contributed by atoms with Gasteiger partial charge in [0, 0.05) is 5.56 Å². The summed E-state index contributed by atoms with van der Waals surface area (Å²) in [5.74, 6) is -0.680. The minimum Gasteiger partial charge on any atom is -0.454 e. The molecule has 2 heterocycles. The predicted octanol–water partition coefficient (Wildman–Crippen LogP) is 0.754. The molecule has 0 bridgehead atoms. The molecule has 2 aliphatic rings. The fourth-order valence-corrected chi connectivity index (χ4v) is 3.35. The van der Waals surface area contributed by atoms with Crippen LogP contribution >= 0.6 is 0 Å². The van der Waals surface area contributed by atoms with Gasteiger partial charge in [0.2, 0.25) is 0 Å². The van der Waals surface area contributed by atoms with Crippen molar-refractivity contribution in [1.29, 1.82) is 0 Å². The lowest BCUT2D eigenvalue weighted by Gasteiger charge is -2.21. The van der Waals surface area contributed by atoms with E-state index in [1.165, 1.54) is 0 Å². The Morgan fingerprint density at radius 1 is 1.32 bits per heavy atom. The molecule has 0 saturated carbocycles. The van der Waals surface area contributed by atoms with Crippen LogP contribution in [0.4, 0.5) is 0 Å². The zero-order valence-corrected chi connectivity index (χ0v) is 12.8. The van der Waals surface area contributed by atoms with Crippen LogP contribution in [-0.4, -0.2) is 46.3 Å². The molecule has 1 aromatic rings. The minimum atomic E-state index is -1.54. The van der Waals surface area contributed by atoms with E-state index in [1.54, 1.807) is 0 Å². The van der Waals surface area contributed by atoms with Crippen molar-refractivity contribution in [1.82, 2.24) is 0 Å². The molecule has 0 radical (unpaired) electrons. The number of ether oxygens (including phenoxy) is 1. The fourth-order valence-electron chi connectivity index (χ4n) is 3.35. The summed E-state index contributed by atoms with van der Waals surface area (Å²) in [7, 11) is 0. The maximum Gasteiger partial charge on any atom is 0.357 e. The van der Waals surface area contributed by atoms with E-state index in [4.69, 9.17) is 14.7 Å². The van der Waals surface area contributed by atoms with Crippen LogP contribution in [0.2, 0.25) is 0 Å². The lowest BCUT2D eigenvalue weighted by Crippen LogP contribution is -2.47. The Balaban J connectivity index is 1.94. The summed E-state index contributed by atoms with van der Waals surface area (Å²) >= 11 is 0. The Hall–Kier alpha value is -1.92. The van der Waals surface area contributed by atoms with Crippen LogP contribution in [0.1, 0.15) is 28.7 Å². The van der Waals surface area contributed by atoms with Crippen LogP contribution in [-0.2, 0) is 14.4 Å². The van der Waals surface area contributed by atoms with Gasteiger partial charge in [0.25, 0.3) is 5.60 Å². The van der Waals surface area contributed by atoms with Crippen molar-refractivity contribution in [3.8, 4) is 0 Å². The zero-order chi connectivity index (χ0) is 16.1. The van der Waals surface area contributed by atoms with Crippen molar-refractivity contribution < 1.29 is 24.6 Å². The average Bonchev–Trinajstić information content (AvgIpc) is 2.97. The number of hydrogen-bond donors (Lipinski definition) is 2. The lowest BCUT2D eigenvalue weighted by molar-refractivity contribution is -0.160. The second-order valence-electron chi connectivity index (χ2n) is 6.04. The Kier molecular flexibility index (Phi) is 3.45. The molecule has 0 aliphatic carbocycles. The third-order valence-corrected chi connectivity index (χ3v) is 4.33. The number of aryl methyl sites for hydroxylation is 3. The van der Waals surface area contributed by atoms with Gasteiger partial charge in [0.05, 0.1) is 18.7 Å². The monoisotopic (exact) mass is 305 g/mol. The van der Waals surface area contributed by atoms with Gasteiger partial charge in [-0.05, 0) is 31.9 Å². The fraction of sp³-hybridized carbons (Fsp3) is 0.500. The molecule has 118 valence electrons. The molecule has 2 aliphatic heterocycles. The van der Waals surface area contributed by atoms with Crippen LogP contribution < -0.4 is 0 Å². The first-order chi connectivity index (χ1) is 10.4. The molecule has 0 amide bonds. The van der Waals surface area contributed by atoms with E-state index < -0.39 is 30.4 Å². The van der Waals surface area contributed by atoms with Crippen LogP contribution in [0.3, 0.4) is 0 Å². The van der Waals surface area contributed by atoms with Gasteiger partial charge in [0.1, 0.15) is 6.10 Å². The van der Waals surface area contributed by atoms with E-state index in [0.717, 1.165) is 22.3 Å². The Morgan fingerprint density at radius 3 is 2.50 bits per heavy atom. The van der Waals surface area contributed by atoms with Gasteiger partial charge in [-0.15, -0.1) is 0 Å². The number of carbonyl (C=O) groups excluding carboxylic acids is 1. The second-order valence-corrected chi connectivity index (χ2v) is 6.04. The highest BCUT2D eigenvalue weighted by molar-refractivity contribution is 6.07. The molecule has 3 rings (SSSR count). The summed E-state index contributed by atoms with van der Waals surface area (Å²) in [5, 5.41) is 23.5. The van der Waals surface area contributed by atoms with Crippen LogP contribution in [0.15, 0.2) is 17.3 Å². The first kappa shape index (κ1) is 15.0. The SMILES string of the molecule is Cc1cc(C)c(C2=NO[C@@]3(C2)C(=O)O[C@H](CO)[C@H]3O)c(C)c1. The summed E-state index contributed by atoms with van der Waals surface area (Å²) in [6, 6.07) is 4.07. The Morgan fingerprint density at radius 2 is 1.95 bits per heavy atom. The van der Waals surface area contributed by atoms with Crippen molar-refractivity contribution in [2.24, 2.45) is 5.16 Å². The largest absolute Gasteiger partial charge is 0.454 e. The summed E-state index contributed by atoms with van der Waals surface area (Å²) in [4.78, 5) is 17.4. The third-order valence-electron chi connectivity index (χ3n) is 4.33. The molecule has 1 fully saturated rings. The van der Waals surface area contributed by atoms with Gasteiger partial charge in [-0.25, -0.2) is 4.79 Å². The van der Waals surface area contributed by atoms with Crippen molar-refractivity contribution >= 4 is 11.7 Å². The first-order valence-corrected chi connectivity index (χ1v) is 7.22. The predicted molar refractivity (Wildman–Crippen MR) is 78.6 cm³/mol. The highest BCUT2D eigenvalue weighted by atomic mass is 16.7. The van der Waals surface area contributed by atoms with E-state index in [2.05, 4.69) is 5.16 Å². The van der Waals surface area contributed by atoms with Gasteiger partial charge >= 0.3 is 5.97 Å². The quantitative estimate of drug-likeness (QED) is 0.787. The number of nitrogens with zero attached hydrogens (tertiary/aromatic N) is 1. The number of benzene rings is 1. The van der Waals surface area contributed by atoms with Crippen molar-refractivity contribution in [2.45, 2.75) is 45.0 Å². The molecular formula is C16H19NO5. The maximum atomic E-state index is 12.1. The van der Waals surface area contributed by atoms with Crippen LogP contribution in [0.25, 0.3) is 0 Å². The number of hydrogen-bond acceptors (Lipinski definition) is 6. The number of rotatable bonds is 2. The zero-order valence-electron chi connectivity index (χ0n) is 12.8. The van der Waals surface area contributed by atoms with Crippen LogP contribution in [0, 0.1) is 20.8 Å². The molecular weight excluding hydrogens is 286 g/mol. The maximum absolute atomic E-state index is 12.1. The van der Waals surface area contributed by atoms with Crippen molar-refractivity contribution in [3.05, 3.63) is 34.4 Å². The number of aliphatic hydroxyl groups excluding tert-OH is 2.